The fourth-order valence-electron chi connectivity index (χ4n) is 1.99. The molecule has 0 aliphatic heterocycles. The first kappa shape index (κ1) is 17.8. The van der Waals surface area contributed by atoms with E-state index in [1.807, 2.05) is 30.3 Å². The van der Waals surface area contributed by atoms with E-state index in [2.05, 4.69) is 15.5 Å². The number of halogens is 2. The Morgan fingerprint density at radius 2 is 1.92 bits per heavy atom. The van der Waals surface area contributed by atoms with Crippen LogP contribution in [0, 0.1) is 0 Å². The smallest absolute Gasteiger partial charge is 0.277 e. The number of anilines is 1. The molecule has 1 atom stereocenters. The number of carbonyl (C=O) groups excluding carboxylic acids is 1. The van der Waals surface area contributed by atoms with Crippen molar-refractivity contribution < 1.29 is 9.21 Å². The third kappa shape index (κ3) is 4.54. The Balaban J connectivity index is 1.66. The number of benzene rings is 2. The summed E-state index contributed by atoms with van der Waals surface area (Å²) in [5.41, 5.74) is 1.28. The average molecular weight is 394 g/mol. The monoisotopic (exact) mass is 393 g/mol. The van der Waals surface area contributed by atoms with E-state index in [0.29, 0.717) is 26.8 Å². The van der Waals surface area contributed by atoms with Gasteiger partial charge in [-0.15, -0.1) is 10.2 Å². The van der Waals surface area contributed by atoms with E-state index in [0.717, 1.165) is 5.56 Å². The first-order chi connectivity index (χ1) is 12.0. The molecule has 1 amide bonds. The SMILES string of the molecule is C[C@@H](Sc1nnc(-c2ccccc2)o1)C(=O)Nc1cc(Cl)ccc1Cl. The lowest BCUT2D eigenvalue weighted by Gasteiger charge is -2.11. The second-order valence-corrected chi connectivity index (χ2v) is 7.25. The zero-order valence-corrected chi connectivity index (χ0v) is 15.4. The fourth-order valence-corrected chi connectivity index (χ4v) is 3.01. The summed E-state index contributed by atoms with van der Waals surface area (Å²) in [7, 11) is 0. The number of nitrogens with zero attached hydrogens (tertiary/aromatic N) is 2. The van der Waals surface area contributed by atoms with Gasteiger partial charge in [-0.05, 0) is 37.3 Å². The summed E-state index contributed by atoms with van der Waals surface area (Å²) in [5, 5.41) is 11.5. The highest BCUT2D eigenvalue weighted by Crippen LogP contribution is 2.29. The van der Waals surface area contributed by atoms with Crippen LogP contribution in [0.2, 0.25) is 10.0 Å². The molecule has 0 aliphatic carbocycles. The number of rotatable bonds is 5. The first-order valence-electron chi connectivity index (χ1n) is 7.34. The van der Waals surface area contributed by atoms with Crippen LogP contribution in [-0.2, 0) is 4.79 Å². The van der Waals surface area contributed by atoms with Crippen LogP contribution >= 0.6 is 35.0 Å². The first-order valence-corrected chi connectivity index (χ1v) is 8.98. The molecule has 1 heterocycles. The number of carbonyl (C=O) groups is 1. The molecule has 2 aromatic carbocycles. The molecule has 1 aromatic heterocycles. The van der Waals surface area contributed by atoms with Gasteiger partial charge in [0.15, 0.2) is 0 Å². The van der Waals surface area contributed by atoms with Crippen molar-refractivity contribution in [2.45, 2.75) is 17.4 Å². The molecule has 1 N–H and O–H groups in total. The Labute approximate surface area is 158 Å². The molecule has 0 unspecified atom stereocenters. The summed E-state index contributed by atoms with van der Waals surface area (Å²) in [5.74, 6) is 0.169. The Morgan fingerprint density at radius 1 is 1.16 bits per heavy atom. The molecule has 0 bridgehead atoms. The minimum Gasteiger partial charge on any atom is -0.411 e. The highest BCUT2D eigenvalue weighted by molar-refractivity contribution is 8.00. The minimum atomic E-state index is -0.459. The lowest BCUT2D eigenvalue weighted by molar-refractivity contribution is -0.115. The van der Waals surface area contributed by atoms with Crippen molar-refractivity contribution in [2.24, 2.45) is 0 Å². The van der Waals surface area contributed by atoms with Crippen molar-refractivity contribution in [3.8, 4) is 11.5 Å². The Kier molecular flexibility index (Phi) is 5.63. The standard InChI is InChI=1S/C17H13Cl2N3O2S/c1-10(15(23)20-14-9-12(18)7-8-13(14)19)25-17-22-21-16(24-17)11-5-3-2-4-6-11/h2-10H,1H3,(H,20,23)/t10-/m1/s1. The van der Waals surface area contributed by atoms with Gasteiger partial charge < -0.3 is 9.73 Å². The third-order valence-electron chi connectivity index (χ3n) is 3.26. The van der Waals surface area contributed by atoms with Gasteiger partial charge in [0.1, 0.15) is 0 Å². The fraction of sp³-hybridized carbons (Fsp3) is 0.118. The van der Waals surface area contributed by atoms with Crippen molar-refractivity contribution in [1.82, 2.24) is 10.2 Å². The molecule has 3 aromatic rings. The largest absolute Gasteiger partial charge is 0.411 e. The van der Waals surface area contributed by atoms with Gasteiger partial charge in [0, 0.05) is 10.6 Å². The molecule has 0 fully saturated rings. The van der Waals surface area contributed by atoms with E-state index in [-0.39, 0.29) is 5.91 Å². The van der Waals surface area contributed by atoms with Gasteiger partial charge in [0.05, 0.1) is 16.0 Å². The van der Waals surface area contributed by atoms with Crippen molar-refractivity contribution in [3.05, 3.63) is 58.6 Å². The maximum atomic E-state index is 12.3. The van der Waals surface area contributed by atoms with Crippen LogP contribution in [-0.4, -0.2) is 21.4 Å². The molecule has 8 heteroatoms. The molecule has 0 saturated carbocycles. The minimum absolute atomic E-state index is 0.242. The van der Waals surface area contributed by atoms with E-state index >= 15 is 0 Å². The lowest BCUT2D eigenvalue weighted by Crippen LogP contribution is -2.22. The van der Waals surface area contributed by atoms with Crippen LogP contribution in [0.4, 0.5) is 5.69 Å². The molecule has 0 radical (unpaired) electrons. The van der Waals surface area contributed by atoms with E-state index in [9.17, 15) is 4.79 Å². The number of hydrogen-bond donors (Lipinski definition) is 1. The number of aromatic nitrogens is 2. The molecule has 5 nitrogen and oxygen atoms in total. The maximum absolute atomic E-state index is 12.3. The molecule has 128 valence electrons. The molecule has 0 spiro atoms. The summed E-state index contributed by atoms with van der Waals surface area (Å²) >= 11 is 13.1. The van der Waals surface area contributed by atoms with Gasteiger partial charge in [-0.2, -0.15) is 0 Å². The summed E-state index contributed by atoms with van der Waals surface area (Å²) < 4.78 is 5.60. The second-order valence-electron chi connectivity index (χ2n) is 5.11. The van der Waals surface area contributed by atoms with Crippen LogP contribution < -0.4 is 5.32 Å². The molecule has 25 heavy (non-hydrogen) atoms. The van der Waals surface area contributed by atoms with Gasteiger partial charge in [0.2, 0.25) is 11.8 Å². The van der Waals surface area contributed by atoms with E-state index in [1.165, 1.54) is 11.8 Å². The molecule has 0 aliphatic rings. The van der Waals surface area contributed by atoms with Crippen LogP contribution in [0.15, 0.2) is 58.2 Å². The summed E-state index contributed by atoms with van der Waals surface area (Å²) in [4.78, 5) is 12.3. The Hall–Kier alpha value is -2.02. The molecular weight excluding hydrogens is 381 g/mol. The van der Waals surface area contributed by atoms with Crippen molar-refractivity contribution in [3.63, 3.8) is 0 Å². The van der Waals surface area contributed by atoms with Gasteiger partial charge >= 0.3 is 0 Å². The van der Waals surface area contributed by atoms with E-state index < -0.39 is 5.25 Å². The van der Waals surface area contributed by atoms with Crippen LogP contribution in [0.3, 0.4) is 0 Å². The van der Waals surface area contributed by atoms with Crippen LogP contribution in [0.1, 0.15) is 6.92 Å². The summed E-state index contributed by atoms with van der Waals surface area (Å²) in [6.45, 7) is 1.74. The quantitative estimate of drug-likeness (QED) is 0.606. The maximum Gasteiger partial charge on any atom is 0.277 e. The average Bonchev–Trinajstić information content (AvgIpc) is 3.07. The molecular formula is C17H13Cl2N3O2S. The zero-order chi connectivity index (χ0) is 17.8. The van der Waals surface area contributed by atoms with E-state index in [4.69, 9.17) is 27.6 Å². The number of amides is 1. The Bertz CT molecular complexity index is 887. The highest BCUT2D eigenvalue weighted by atomic mass is 35.5. The van der Waals surface area contributed by atoms with Crippen molar-refractivity contribution in [1.29, 1.82) is 0 Å². The number of hydrogen-bond acceptors (Lipinski definition) is 5. The predicted octanol–water partition coefficient (Wildman–Crippen LogP) is 5.16. The van der Waals surface area contributed by atoms with Gasteiger partial charge in [-0.3, -0.25) is 4.79 Å². The topological polar surface area (TPSA) is 68.0 Å². The van der Waals surface area contributed by atoms with Gasteiger partial charge in [-0.1, -0.05) is 53.2 Å². The summed E-state index contributed by atoms with van der Waals surface area (Å²) in [6, 6.07) is 14.3. The molecule has 0 saturated heterocycles. The second kappa shape index (κ2) is 7.91. The van der Waals surface area contributed by atoms with Crippen molar-refractivity contribution >= 4 is 46.6 Å². The van der Waals surface area contributed by atoms with Gasteiger partial charge in [-0.25, -0.2) is 0 Å². The number of nitrogens with one attached hydrogen (secondary N) is 1. The zero-order valence-electron chi connectivity index (χ0n) is 13.1. The normalized spacial score (nSPS) is 12.0. The third-order valence-corrected chi connectivity index (χ3v) is 4.76. The van der Waals surface area contributed by atoms with E-state index in [1.54, 1.807) is 25.1 Å². The van der Waals surface area contributed by atoms with Gasteiger partial charge in [0.25, 0.3) is 5.22 Å². The summed E-state index contributed by atoms with van der Waals surface area (Å²) in [6.07, 6.45) is 0. The number of thioether (sulfide) groups is 1. The van der Waals surface area contributed by atoms with Crippen LogP contribution in [0.25, 0.3) is 11.5 Å². The lowest BCUT2D eigenvalue weighted by atomic mass is 10.2. The van der Waals surface area contributed by atoms with Crippen molar-refractivity contribution in [2.75, 3.05) is 5.32 Å². The highest BCUT2D eigenvalue weighted by Gasteiger charge is 2.19. The Morgan fingerprint density at radius 3 is 2.68 bits per heavy atom. The van der Waals surface area contributed by atoms with Crippen LogP contribution in [0.5, 0.6) is 0 Å². The molecule has 3 rings (SSSR count). The predicted molar refractivity (Wildman–Crippen MR) is 100 cm³/mol.